The average Bonchev–Trinajstić information content (AvgIpc) is 3.28. The number of aliphatic hydroxyl groups excluding tert-OH is 1. The summed E-state index contributed by atoms with van der Waals surface area (Å²) in [5.41, 5.74) is 2.79. The van der Waals surface area contributed by atoms with Crippen LogP contribution >= 0.6 is 0 Å². The average molecular weight is 379 g/mol. The number of benzene rings is 2. The van der Waals surface area contributed by atoms with Crippen LogP contribution in [0.2, 0.25) is 0 Å². The van der Waals surface area contributed by atoms with Gasteiger partial charge in [-0.2, -0.15) is 0 Å². The molecule has 3 nitrogen and oxygen atoms in total. The third-order valence-corrected chi connectivity index (χ3v) is 6.71. The normalized spacial score (nSPS) is 22.1. The molecule has 2 aromatic rings. The van der Waals surface area contributed by atoms with Crippen molar-refractivity contribution in [2.75, 3.05) is 32.8 Å². The van der Waals surface area contributed by atoms with Crippen LogP contribution in [-0.2, 0) is 0 Å². The molecule has 1 heterocycles. The van der Waals surface area contributed by atoms with Crippen LogP contribution in [0.25, 0.3) is 0 Å². The Kier molecular flexibility index (Phi) is 6.79. The summed E-state index contributed by atoms with van der Waals surface area (Å²) in [6, 6.07) is 23.1. The molecule has 2 fully saturated rings. The first-order valence-electron chi connectivity index (χ1n) is 11.0. The summed E-state index contributed by atoms with van der Waals surface area (Å²) in [5.74, 6) is 0.398. The van der Waals surface area contributed by atoms with Crippen LogP contribution in [0.3, 0.4) is 0 Å². The summed E-state index contributed by atoms with van der Waals surface area (Å²) in [5, 5.41) is 9.66. The Morgan fingerprint density at radius 3 is 2.04 bits per heavy atom. The Labute approximate surface area is 170 Å². The second-order valence-electron chi connectivity index (χ2n) is 8.48. The maximum atomic E-state index is 9.66. The largest absolute Gasteiger partial charge is 0.396 e. The minimum atomic E-state index is 0.294. The number of nitrogens with zero attached hydrogens (tertiary/aromatic N) is 2. The number of aliphatic hydroxyl groups is 1. The van der Waals surface area contributed by atoms with Crippen molar-refractivity contribution in [3.05, 3.63) is 71.8 Å². The lowest BCUT2D eigenvalue weighted by Gasteiger charge is -2.45. The molecule has 1 N–H and O–H groups in total. The predicted octanol–water partition coefficient (Wildman–Crippen LogP) is 4.13. The van der Waals surface area contributed by atoms with E-state index in [0.717, 1.165) is 38.6 Å². The van der Waals surface area contributed by atoms with Gasteiger partial charge in [0, 0.05) is 50.8 Å². The Bertz CT molecular complexity index is 660. The molecule has 0 unspecified atom stereocenters. The van der Waals surface area contributed by atoms with Crippen LogP contribution in [0.4, 0.5) is 0 Å². The van der Waals surface area contributed by atoms with Crippen LogP contribution < -0.4 is 0 Å². The zero-order chi connectivity index (χ0) is 19.2. The van der Waals surface area contributed by atoms with Crippen molar-refractivity contribution >= 4 is 0 Å². The number of hydrogen-bond donors (Lipinski definition) is 1. The molecule has 0 amide bonds. The second-order valence-corrected chi connectivity index (χ2v) is 8.48. The highest BCUT2D eigenvalue weighted by molar-refractivity contribution is 5.32. The minimum absolute atomic E-state index is 0.294. The number of rotatable bonds is 7. The Morgan fingerprint density at radius 2 is 1.46 bits per heavy atom. The van der Waals surface area contributed by atoms with Crippen molar-refractivity contribution < 1.29 is 5.11 Å². The first kappa shape index (κ1) is 19.6. The highest BCUT2D eigenvalue weighted by Crippen LogP contribution is 2.30. The van der Waals surface area contributed by atoms with Crippen LogP contribution in [0.15, 0.2) is 60.7 Å². The van der Waals surface area contributed by atoms with Crippen molar-refractivity contribution in [2.45, 2.75) is 50.1 Å². The standard InChI is InChI=1S/C25H34N2O/c28-18-15-24-19-26(16-17-27(24)23-13-7-8-14-23)20-25(21-9-3-1-4-10-21)22-11-5-2-6-12-22/h1-6,9-12,23-25,28H,7-8,13-20H2/t24-/m1/s1. The van der Waals surface area contributed by atoms with Gasteiger partial charge in [-0.1, -0.05) is 73.5 Å². The van der Waals surface area contributed by atoms with Gasteiger partial charge in [-0.25, -0.2) is 0 Å². The molecule has 0 spiro atoms. The van der Waals surface area contributed by atoms with E-state index in [1.165, 1.54) is 36.8 Å². The van der Waals surface area contributed by atoms with E-state index < -0.39 is 0 Å². The quantitative estimate of drug-likeness (QED) is 0.785. The Hall–Kier alpha value is -1.68. The number of hydrogen-bond acceptors (Lipinski definition) is 3. The van der Waals surface area contributed by atoms with E-state index in [4.69, 9.17) is 0 Å². The molecule has 2 aromatic carbocycles. The molecule has 0 bridgehead atoms. The van der Waals surface area contributed by atoms with E-state index in [-0.39, 0.29) is 0 Å². The summed E-state index contributed by atoms with van der Waals surface area (Å²) in [6.45, 7) is 4.70. The van der Waals surface area contributed by atoms with Gasteiger partial charge in [-0.3, -0.25) is 9.80 Å². The highest BCUT2D eigenvalue weighted by atomic mass is 16.3. The van der Waals surface area contributed by atoms with Crippen molar-refractivity contribution in [1.29, 1.82) is 0 Å². The molecule has 3 heteroatoms. The smallest absolute Gasteiger partial charge is 0.0446 e. The summed E-state index contributed by atoms with van der Waals surface area (Å²) >= 11 is 0. The maximum Gasteiger partial charge on any atom is 0.0446 e. The topological polar surface area (TPSA) is 26.7 Å². The molecular weight excluding hydrogens is 344 g/mol. The summed E-state index contributed by atoms with van der Waals surface area (Å²) < 4.78 is 0. The third kappa shape index (κ3) is 4.65. The van der Waals surface area contributed by atoms with Crippen LogP contribution in [-0.4, -0.2) is 59.8 Å². The molecule has 4 rings (SSSR count). The Balaban J connectivity index is 1.49. The molecule has 1 saturated carbocycles. The van der Waals surface area contributed by atoms with Crippen LogP contribution in [0.5, 0.6) is 0 Å². The van der Waals surface area contributed by atoms with Gasteiger partial charge in [0.1, 0.15) is 0 Å². The summed E-state index contributed by atoms with van der Waals surface area (Å²) in [4.78, 5) is 5.36. The van der Waals surface area contributed by atoms with Gasteiger partial charge in [0.05, 0.1) is 0 Å². The number of piperazine rings is 1. The van der Waals surface area contributed by atoms with Gasteiger partial charge >= 0.3 is 0 Å². The lowest BCUT2D eigenvalue weighted by Crippen LogP contribution is -2.56. The SMILES string of the molecule is OCC[C@@H]1CN(CC(c2ccccc2)c2ccccc2)CCN1C1CCCC1. The lowest BCUT2D eigenvalue weighted by atomic mass is 9.90. The van der Waals surface area contributed by atoms with Crippen molar-refractivity contribution in [2.24, 2.45) is 0 Å². The van der Waals surface area contributed by atoms with Crippen molar-refractivity contribution in [3.8, 4) is 0 Å². The predicted molar refractivity (Wildman–Crippen MR) is 116 cm³/mol. The van der Waals surface area contributed by atoms with Gasteiger partial charge in [0.2, 0.25) is 0 Å². The fourth-order valence-corrected chi connectivity index (χ4v) is 5.25. The van der Waals surface area contributed by atoms with E-state index in [9.17, 15) is 5.11 Å². The monoisotopic (exact) mass is 378 g/mol. The molecule has 28 heavy (non-hydrogen) atoms. The highest BCUT2D eigenvalue weighted by Gasteiger charge is 2.33. The van der Waals surface area contributed by atoms with E-state index in [1.54, 1.807) is 0 Å². The van der Waals surface area contributed by atoms with Crippen LogP contribution in [0.1, 0.15) is 49.1 Å². The first-order chi connectivity index (χ1) is 13.8. The maximum absolute atomic E-state index is 9.66. The molecule has 1 aliphatic heterocycles. The van der Waals surface area contributed by atoms with E-state index in [2.05, 4.69) is 70.5 Å². The molecule has 0 radical (unpaired) electrons. The molecule has 0 aromatic heterocycles. The molecule has 1 aliphatic carbocycles. The van der Waals surface area contributed by atoms with Crippen LogP contribution in [0, 0.1) is 0 Å². The summed E-state index contributed by atoms with van der Waals surface area (Å²) in [7, 11) is 0. The van der Waals surface area contributed by atoms with Gasteiger partial charge in [0.25, 0.3) is 0 Å². The molecule has 1 saturated heterocycles. The fraction of sp³-hybridized carbons (Fsp3) is 0.520. The van der Waals surface area contributed by atoms with Gasteiger partial charge in [-0.15, -0.1) is 0 Å². The van der Waals surface area contributed by atoms with Gasteiger partial charge in [0.15, 0.2) is 0 Å². The Morgan fingerprint density at radius 1 is 0.857 bits per heavy atom. The van der Waals surface area contributed by atoms with E-state index in [1.807, 2.05) is 0 Å². The fourth-order valence-electron chi connectivity index (χ4n) is 5.25. The molecule has 2 aliphatic rings. The lowest BCUT2D eigenvalue weighted by molar-refractivity contribution is 0.0288. The van der Waals surface area contributed by atoms with Gasteiger partial charge in [-0.05, 0) is 30.4 Å². The third-order valence-electron chi connectivity index (χ3n) is 6.71. The molecule has 1 atom stereocenters. The van der Waals surface area contributed by atoms with E-state index in [0.29, 0.717) is 18.6 Å². The van der Waals surface area contributed by atoms with Crippen molar-refractivity contribution in [3.63, 3.8) is 0 Å². The molecular formula is C25H34N2O. The summed E-state index contributed by atoms with van der Waals surface area (Å²) in [6.07, 6.45) is 6.34. The zero-order valence-corrected chi connectivity index (χ0v) is 16.9. The van der Waals surface area contributed by atoms with Gasteiger partial charge < -0.3 is 5.11 Å². The first-order valence-corrected chi connectivity index (χ1v) is 11.0. The minimum Gasteiger partial charge on any atom is -0.396 e. The van der Waals surface area contributed by atoms with Crippen molar-refractivity contribution in [1.82, 2.24) is 9.80 Å². The zero-order valence-electron chi connectivity index (χ0n) is 16.9. The molecule has 150 valence electrons. The van der Waals surface area contributed by atoms with E-state index >= 15 is 0 Å². The second kappa shape index (κ2) is 9.69.